The largest absolute Gasteiger partial charge is 0.308 e. The number of hydrogen-bond acceptors (Lipinski definition) is 10. The molecule has 350 valence electrons. The maximum Gasteiger partial charge on any atom is 0.160 e. The van der Waals surface area contributed by atoms with E-state index in [1.807, 2.05) is 140 Å². The molecule has 77 heavy (non-hydrogen) atoms. The molecule has 0 aliphatic carbocycles. The Morgan fingerprint density at radius 1 is 0.299 bits per heavy atom. The van der Waals surface area contributed by atoms with Crippen LogP contribution in [-0.4, -0.2) is 14.5 Å². The van der Waals surface area contributed by atoms with Gasteiger partial charge in [-0.3, -0.25) is 0 Å². The monoisotopic (exact) mass is 977 g/mol. The zero-order valence-corrected chi connectivity index (χ0v) is 40.3. The van der Waals surface area contributed by atoms with Crippen LogP contribution in [0, 0.1) is 90.6 Å². The molecule has 11 rings (SSSR count). The Morgan fingerprint density at radius 2 is 0.662 bits per heavy atom. The summed E-state index contributed by atoms with van der Waals surface area (Å²) in [6.07, 6.45) is 0. The summed E-state index contributed by atoms with van der Waals surface area (Å²) in [5, 5.41) is 82.8. The van der Waals surface area contributed by atoms with Crippen molar-refractivity contribution in [3.8, 4) is 133 Å². The molecule has 0 atom stereocenters. The topological polar surface area (TPSA) is 221 Å². The fourth-order valence-corrected chi connectivity index (χ4v) is 9.95. The predicted octanol–water partition coefficient (Wildman–Crippen LogP) is 14.2. The van der Waals surface area contributed by atoms with Crippen molar-refractivity contribution in [3.05, 3.63) is 233 Å². The van der Waals surface area contributed by atoms with Gasteiger partial charge in [0.25, 0.3) is 0 Å². The van der Waals surface area contributed by atoms with Gasteiger partial charge in [0, 0.05) is 49.7 Å². The zero-order chi connectivity index (χ0) is 53.2. The Bertz CT molecular complexity index is 4270. The lowest BCUT2D eigenvalue weighted by Gasteiger charge is -2.21. The van der Waals surface area contributed by atoms with E-state index in [2.05, 4.69) is 53.1 Å². The number of benzene rings is 9. The lowest BCUT2D eigenvalue weighted by Crippen LogP contribution is -2.03. The van der Waals surface area contributed by atoms with Gasteiger partial charge >= 0.3 is 0 Å². The highest BCUT2D eigenvalue weighted by Gasteiger charge is 2.26. The van der Waals surface area contributed by atoms with Crippen LogP contribution >= 0.6 is 0 Å². The number of nitriles is 8. The SMILES string of the molecule is N#Cc1ccc(-c2cc(-c3nc(-c4ccccc4)cc(-c4ccccc4)n3)cc(-c3ccc(C#N)cc3)c2-n2c3ccc(-c4c(C#N)cc(C#N)cc4C#N)cc3c3cc(-c4c(C#N)cc(C#N)cc4C#N)ccc32)cc1. The molecule has 0 radical (unpaired) electrons. The van der Waals surface area contributed by atoms with Crippen molar-refractivity contribution in [1.29, 1.82) is 42.1 Å². The van der Waals surface area contributed by atoms with E-state index >= 15 is 0 Å². The summed E-state index contributed by atoms with van der Waals surface area (Å²) in [7, 11) is 0. The van der Waals surface area contributed by atoms with E-state index in [0.717, 1.165) is 22.3 Å². The van der Waals surface area contributed by atoms with Crippen molar-refractivity contribution in [1.82, 2.24) is 14.5 Å². The average molecular weight is 978 g/mol. The molecule has 11 aromatic rings. The molecular formula is C66H31N11. The smallest absolute Gasteiger partial charge is 0.160 e. The first-order chi connectivity index (χ1) is 37.8. The quantitative estimate of drug-likeness (QED) is 0.140. The highest BCUT2D eigenvalue weighted by Crippen LogP contribution is 2.46. The molecule has 0 spiro atoms. The van der Waals surface area contributed by atoms with Gasteiger partial charge in [-0.25, -0.2) is 9.97 Å². The van der Waals surface area contributed by atoms with Gasteiger partial charge in [0.1, 0.15) is 0 Å². The van der Waals surface area contributed by atoms with Crippen LogP contribution in [0.4, 0.5) is 0 Å². The number of rotatable bonds is 8. The Hall–Kier alpha value is -12.2. The number of fused-ring (bicyclic) bond motifs is 3. The van der Waals surface area contributed by atoms with Crippen molar-refractivity contribution in [2.45, 2.75) is 0 Å². The molecule has 0 N–H and O–H groups in total. The van der Waals surface area contributed by atoms with E-state index in [4.69, 9.17) is 9.97 Å². The summed E-state index contributed by atoms with van der Waals surface area (Å²) >= 11 is 0. The highest BCUT2D eigenvalue weighted by molar-refractivity contribution is 6.13. The van der Waals surface area contributed by atoms with Crippen molar-refractivity contribution in [3.63, 3.8) is 0 Å². The second kappa shape index (κ2) is 19.8. The van der Waals surface area contributed by atoms with Crippen LogP contribution in [-0.2, 0) is 0 Å². The highest BCUT2D eigenvalue weighted by atomic mass is 15.0. The van der Waals surface area contributed by atoms with Crippen LogP contribution in [0.15, 0.2) is 188 Å². The molecule has 11 nitrogen and oxygen atoms in total. The van der Waals surface area contributed by atoms with Crippen LogP contribution < -0.4 is 0 Å². The van der Waals surface area contributed by atoms with Crippen molar-refractivity contribution in [2.75, 3.05) is 0 Å². The zero-order valence-electron chi connectivity index (χ0n) is 40.3. The average Bonchev–Trinajstić information content (AvgIpc) is 3.84. The van der Waals surface area contributed by atoms with Gasteiger partial charge in [-0.2, -0.15) is 42.1 Å². The minimum atomic E-state index is 0.134. The Morgan fingerprint density at radius 3 is 1.01 bits per heavy atom. The van der Waals surface area contributed by atoms with Crippen LogP contribution in [0.25, 0.3) is 106 Å². The molecule has 0 saturated carbocycles. The van der Waals surface area contributed by atoms with Crippen LogP contribution in [0.1, 0.15) is 44.5 Å². The molecular weight excluding hydrogens is 947 g/mol. The fraction of sp³-hybridized carbons (Fsp3) is 0. The second-order valence-corrected chi connectivity index (χ2v) is 17.9. The molecule has 0 unspecified atom stereocenters. The van der Waals surface area contributed by atoms with Gasteiger partial charge in [0.2, 0.25) is 0 Å². The summed E-state index contributed by atoms with van der Waals surface area (Å²) in [4.78, 5) is 10.5. The van der Waals surface area contributed by atoms with E-state index in [1.165, 1.54) is 24.3 Å². The molecule has 0 fully saturated rings. The van der Waals surface area contributed by atoms with Gasteiger partial charge in [-0.15, -0.1) is 0 Å². The van der Waals surface area contributed by atoms with Crippen LogP contribution in [0.3, 0.4) is 0 Å². The molecule has 2 aromatic heterocycles. The van der Waals surface area contributed by atoms with E-state index in [1.54, 1.807) is 24.3 Å². The second-order valence-electron chi connectivity index (χ2n) is 17.9. The van der Waals surface area contributed by atoms with Crippen LogP contribution in [0.2, 0.25) is 0 Å². The Kier molecular flexibility index (Phi) is 12.1. The molecule has 0 saturated heterocycles. The first kappa shape index (κ1) is 47.1. The first-order valence-corrected chi connectivity index (χ1v) is 23.8. The van der Waals surface area contributed by atoms with E-state index < -0.39 is 0 Å². The standard InChI is InChI=1S/C66H31N11/c67-32-40-11-15-44(16-12-40)55-29-50(66-75-59(46-7-3-1-4-8-46)31-60(76-66)47-9-5-2-6-10-47)30-56(45-17-13-41(33-68)14-18-45)65(55)77-61-21-19-48(63-51(36-71)23-42(34-69)24-52(63)37-72)27-57(61)58-28-49(20-22-62(58)77)64-53(38-73)25-43(35-70)26-54(64)39-74/h1-31H. The normalized spacial score (nSPS) is 10.5. The minimum Gasteiger partial charge on any atom is -0.308 e. The summed E-state index contributed by atoms with van der Waals surface area (Å²) in [6, 6.07) is 74.8. The number of hydrogen-bond donors (Lipinski definition) is 0. The molecule has 0 amide bonds. The van der Waals surface area contributed by atoms with Crippen molar-refractivity contribution >= 4 is 21.8 Å². The molecule has 0 bridgehead atoms. The molecule has 0 aliphatic rings. The van der Waals surface area contributed by atoms with Gasteiger partial charge in [-0.1, -0.05) is 97.1 Å². The predicted molar refractivity (Wildman–Crippen MR) is 292 cm³/mol. The third kappa shape index (κ3) is 8.45. The van der Waals surface area contributed by atoms with Gasteiger partial charge in [-0.05, 0) is 113 Å². The maximum absolute atomic E-state index is 10.5. The maximum atomic E-state index is 10.5. The summed E-state index contributed by atoms with van der Waals surface area (Å²) in [5.41, 5.74) is 12.3. The van der Waals surface area contributed by atoms with Gasteiger partial charge in [0.15, 0.2) is 5.82 Å². The number of aromatic nitrogens is 3. The third-order valence-corrected chi connectivity index (χ3v) is 13.5. The Balaban J connectivity index is 1.29. The number of nitrogens with zero attached hydrogens (tertiary/aromatic N) is 11. The van der Waals surface area contributed by atoms with E-state index in [0.29, 0.717) is 94.8 Å². The van der Waals surface area contributed by atoms with Crippen LogP contribution in [0.5, 0.6) is 0 Å². The van der Waals surface area contributed by atoms with Gasteiger partial charge in [0.05, 0.1) is 121 Å². The summed E-state index contributed by atoms with van der Waals surface area (Å²) in [6.45, 7) is 0. The van der Waals surface area contributed by atoms with Crippen molar-refractivity contribution in [2.24, 2.45) is 0 Å². The van der Waals surface area contributed by atoms with E-state index in [9.17, 15) is 42.1 Å². The van der Waals surface area contributed by atoms with Gasteiger partial charge < -0.3 is 4.57 Å². The van der Waals surface area contributed by atoms with Crippen molar-refractivity contribution < 1.29 is 0 Å². The lowest BCUT2D eigenvalue weighted by atomic mass is 9.91. The molecule has 9 aromatic carbocycles. The lowest BCUT2D eigenvalue weighted by molar-refractivity contribution is 1.17. The third-order valence-electron chi connectivity index (χ3n) is 13.5. The summed E-state index contributed by atoms with van der Waals surface area (Å²) in [5.74, 6) is 0.436. The fourth-order valence-electron chi connectivity index (χ4n) is 9.95. The molecule has 2 heterocycles. The Labute approximate surface area is 441 Å². The molecule has 0 aliphatic heterocycles. The minimum absolute atomic E-state index is 0.134. The molecule has 11 heteroatoms. The van der Waals surface area contributed by atoms with E-state index in [-0.39, 0.29) is 33.4 Å². The summed E-state index contributed by atoms with van der Waals surface area (Å²) < 4.78 is 2.12. The first-order valence-electron chi connectivity index (χ1n) is 23.8.